The van der Waals surface area contributed by atoms with Gasteiger partial charge in [-0.25, -0.2) is 0 Å². The fourth-order valence-electron chi connectivity index (χ4n) is 2.79. The number of amides is 1. The van der Waals surface area contributed by atoms with Crippen molar-refractivity contribution < 1.29 is 14.1 Å². The maximum atomic E-state index is 12.1. The van der Waals surface area contributed by atoms with Gasteiger partial charge in [-0.1, -0.05) is 29.4 Å². The molecule has 4 rings (SSSR count). The number of hydrogen-bond donors (Lipinski definition) is 1. The Kier molecular flexibility index (Phi) is 3.42. The molecule has 114 valence electrons. The van der Waals surface area contributed by atoms with Crippen molar-refractivity contribution in [1.82, 2.24) is 10.5 Å². The molecule has 1 N–H and O–H groups in total. The first-order valence-electron chi connectivity index (χ1n) is 7.73. The molecular formula is C17H18N2O3. The highest BCUT2D eigenvalue weighted by atomic mass is 16.5. The second-order valence-corrected chi connectivity index (χ2v) is 6.00. The smallest absolute Gasteiger partial charge is 0.273 e. The molecule has 1 aromatic heterocycles. The lowest BCUT2D eigenvalue weighted by atomic mass is 9.99. The molecule has 0 spiro atoms. The number of fused-ring (bicyclic) bond motifs is 1. The maximum absolute atomic E-state index is 12.1. The van der Waals surface area contributed by atoms with Crippen molar-refractivity contribution in [1.29, 1.82) is 0 Å². The number of hydrogen-bond acceptors (Lipinski definition) is 4. The molecule has 0 unspecified atom stereocenters. The van der Waals surface area contributed by atoms with Crippen molar-refractivity contribution >= 4 is 5.91 Å². The Morgan fingerprint density at radius 1 is 1.27 bits per heavy atom. The first-order chi connectivity index (χ1) is 10.8. The van der Waals surface area contributed by atoms with E-state index in [0.717, 1.165) is 25.0 Å². The van der Waals surface area contributed by atoms with Gasteiger partial charge in [0.25, 0.3) is 5.91 Å². The van der Waals surface area contributed by atoms with E-state index in [1.807, 2.05) is 12.1 Å². The van der Waals surface area contributed by atoms with Crippen LogP contribution in [0.15, 0.2) is 34.9 Å². The highest BCUT2D eigenvalue weighted by Gasteiger charge is 2.29. The average molecular weight is 298 g/mol. The van der Waals surface area contributed by atoms with Crippen molar-refractivity contribution in [3.8, 4) is 0 Å². The Balaban J connectivity index is 1.33. The molecule has 1 amide bonds. The summed E-state index contributed by atoms with van der Waals surface area (Å²) in [5.41, 5.74) is 2.89. The van der Waals surface area contributed by atoms with E-state index in [9.17, 15) is 4.79 Å². The first-order valence-corrected chi connectivity index (χ1v) is 7.73. The van der Waals surface area contributed by atoms with Gasteiger partial charge in [0.1, 0.15) is 5.76 Å². The summed E-state index contributed by atoms with van der Waals surface area (Å²) in [4.78, 5) is 12.1. The van der Waals surface area contributed by atoms with E-state index in [1.165, 1.54) is 11.1 Å². The van der Waals surface area contributed by atoms with Crippen molar-refractivity contribution in [2.24, 2.45) is 0 Å². The van der Waals surface area contributed by atoms with Crippen LogP contribution in [0.25, 0.3) is 0 Å². The molecule has 5 nitrogen and oxygen atoms in total. The third-order valence-corrected chi connectivity index (χ3v) is 4.27. The number of nitrogens with one attached hydrogen (secondary N) is 1. The minimum atomic E-state index is -0.196. The van der Waals surface area contributed by atoms with Gasteiger partial charge in [-0.3, -0.25) is 4.79 Å². The molecule has 2 heterocycles. The van der Waals surface area contributed by atoms with Crippen molar-refractivity contribution in [2.45, 2.75) is 37.9 Å². The fourth-order valence-corrected chi connectivity index (χ4v) is 2.79. The van der Waals surface area contributed by atoms with Crippen LogP contribution in [0.4, 0.5) is 0 Å². The molecule has 1 saturated carbocycles. The minimum Gasteiger partial charge on any atom is -0.371 e. The van der Waals surface area contributed by atoms with Gasteiger partial charge in [0.15, 0.2) is 5.69 Å². The summed E-state index contributed by atoms with van der Waals surface area (Å²) in [7, 11) is 0. The predicted octanol–water partition coefficient (Wildman–Crippen LogP) is 2.42. The maximum Gasteiger partial charge on any atom is 0.273 e. The summed E-state index contributed by atoms with van der Waals surface area (Å²) < 4.78 is 11.0. The lowest BCUT2D eigenvalue weighted by molar-refractivity contribution is 0.0284. The molecule has 22 heavy (non-hydrogen) atoms. The van der Waals surface area contributed by atoms with Crippen LogP contribution in [0.2, 0.25) is 0 Å². The van der Waals surface area contributed by atoms with Crippen LogP contribution in [0.1, 0.15) is 46.1 Å². The van der Waals surface area contributed by atoms with Crippen LogP contribution in [0.3, 0.4) is 0 Å². The van der Waals surface area contributed by atoms with Gasteiger partial charge in [-0.15, -0.1) is 0 Å². The van der Waals surface area contributed by atoms with Crippen LogP contribution in [0.5, 0.6) is 0 Å². The molecule has 2 aromatic rings. The zero-order chi connectivity index (χ0) is 14.9. The number of ether oxygens (including phenoxy) is 1. The molecule has 0 radical (unpaired) electrons. The van der Waals surface area contributed by atoms with Crippen LogP contribution in [-0.2, 0) is 17.8 Å². The Hall–Kier alpha value is -2.14. The van der Waals surface area contributed by atoms with Gasteiger partial charge in [-0.2, -0.15) is 0 Å². The van der Waals surface area contributed by atoms with Crippen LogP contribution >= 0.6 is 0 Å². The third kappa shape index (κ3) is 2.76. The molecular weight excluding hydrogens is 280 g/mol. The van der Waals surface area contributed by atoms with Gasteiger partial charge < -0.3 is 14.6 Å². The normalized spacial score (nSPS) is 20.5. The minimum absolute atomic E-state index is 0.00801. The van der Waals surface area contributed by atoms with Gasteiger partial charge >= 0.3 is 0 Å². The monoisotopic (exact) mass is 298 g/mol. The standard InChI is InChI=1S/C17H18N2O3/c20-17(15-8-16(22-19-15)11-5-6-11)18-9-14-7-12-3-1-2-4-13(12)10-21-14/h1-4,8,11,14H,5-7,9-10H2,(H,18,20)/t14-/m1/s1. The summed E-state index contributed by atoms with van der Waals surface area (Å²) in [6.07, 6.45) is 3.09. The van der Waals surface area contributed by atoms with Crippen LogP contribution in [0, 0.1) is 0 Å². The largest absolute Gasteiger partial charge is 0.371 e. The highest BCUT2D eigenvalue weighted by molar-refractivity contribution is 5.92. The van der Waals surface area contributed by atoms with Crippen LogP contribution in [-0.4, -0.2) is 23.7 Å². The zero-order valence-corrected chi connectivity index (χ0v) is 12.2. The summed E-state index contributed by atoms with van der Waals surface area (Å²) in [6.45, 7) is 1.09. The number of nitrogens with zero attached hydrogens (tertiary/aromatic N) is 1. The summed E-state index contributed by atoms with van der Waals surface area (Å²) in [5, 5.41) is 6.73. The second kappa shape index (κ2) is 5.57. The molecule has 1 atom stereocenters. The van der Waals surface area contributed by atoms with Gasteiger partial charge in [0, 0.05) is 24.9 Å². The lowest BCUT2D eigenvalue weighted by Gasteiger charge is -2.25. The van der Waals surface area contributed by atoms with Crippen LogP contribution < -0.4 is 5.32 Å². The van der Waals surface area contributed by atoms with Crippen molar-refractivity contribution in [3.05, 3.63) is 52.9 Å². The molecule has 1 fully saturated rings. The Labute approximate surface area is 128 Å². The molecule has 0 saturated heterocycles. The van der Waals surface area contributed by atoms with E-state index in [-0.39, 0.29) is 12.0 Å². The lowest BCUT2D eigenvalue weighted by Crippen LogP contribution is -2.36. The Morgan fingerprint density at radius 2 is 2.09 bits per heavy atom. The van der Waals surface area contributed by atoms with E-state index >= 15 is 0 Å². The van der Waals surface area contributed by atoms with E-state index in [0.29, 0.717) is 24.8 Å². The van der Waals surface area contributed by atoms with E-state index < -0.39 is 0 Å². The predicted molar refractivity (Wildman–Crippen MR) is 79.5 cm³/mol. The summed E-state index contributed by atoms with van der Waals surface area (Å²) in [6, 6.07) is 10.0. The average Bonchev–Trinajstić information content (AvgIpc) is 3.29. The molecule has 5 heteroatoms. The molecule has 0 bridgehead atoms. The van der Waals surface area contributed by atoms with E-state index in [4.69, 9.17) is 9.26 Å². The quantitative estimate of drug-likeness (QED) is 0.941. The van der Waals surface area contributed by atoms with E-state index in [1.54, 1.807) is 6.07 Å². The molecule has 1 aliphatic heterocycles. The number of rotatable bonds is 4. The Bertz CT molecular complexity index is 691. The van der Waals surface area contributed by atoms with Gasteiger partial charge in [0.2, 0.25) is 0 Å². The number of aromatic nitrogens is 1. The second-order valence-electron chi connectivity index (χ2n) is 6.00. The third-order valence-electron chi connectivity index (χ3n) is 4.27. The number of carbonyl (C=O) groups is 1. The summed E-state index contributed by atoms with van der Waals surface area (Å²) >= 11 is 0. The van der Waals surface area contributed by atoms with Gasteiger partial charge in [0.05, 0.1) is 12.7 Å². The fraction of sp³-hybridized carbons (Fsp3) is 0.412. The highest BCUT2D eigenvalue weighted by Crippen LogP contribution is 2.40. The zero-order valence-electron chi connectivity index (χ0n) is 12.2. The molecule has 2 aliphatic rings. The summed E-state index contributed by atoms with van der Waals surface area (Å²) in [5.74, 6) is 1.10. The SMILES string of the molecule is O=C(NC[C@H]1Cc2ccccc2CO1)c1cc(C2CC2)on1. The van der Waals surface area contributed by atoms with Gasteiger partial charge in [-0.05, 0) is 24.0 Å². The molecule has 1 aliphatic carbocycles. The number of benzene rings is 1. The van der Waals surface area contributed by atoms with E-state index in [2.05, 4.69) is 22.6 Å². The first kappa shape index (κ1) is 13.5. The molecule has 1 aromatic carbocycles. The van der Waals surface area contributed by atoms with Crippen molar-refractivity contribution in [3.63, 3.8) is 0 Å². The topological polar surface area (TPSA) is 64.4 Å². The number of carbonyl (C=O) groups excluding carboxylic acids is 1. The Morgan fingerprint density at radius 3 is 2.91 bits per heavy atom. The van der Waals surface area contributed by atoms with Crippen molar-refractivity contribution in [2.75, 3.05) is 6.54 Å².